The molecule has 2 amide bonds. The topological polar surface area (TPSA) is 207 Å². The third kappa shape index (κ3) is 18.9. The second-order valence-electron chi connectivity index (χ2n) is 14.7. The van der Waals surface area contributed by atoms with E-state index in [0.29, 0.717) is 31.9 Å². The molecule has 0 saturated carbocycles. The second kappa shape index (κ2) is 30.1. The van der Waals surface area contributed by atoms with Crippen LogP contribution in [0.25, 0.3) is 18.2 Å². The van der Waals surface area contributed by atoms with Gasteiger partial charge in [0.05, 0.1) is 39.1 Å². The molecular formula is C48H63N6O10S2+. The van der Waals surface area contributed by atoms with Crippen LogP contribution in [0.1, 0.15) is 30.5 Å². The molecule has 2 aromatic carbocycles. The van der Waals surface area contributed by atoms with Crippen LogP contribution in [-0.4, -0.2) is 146 Å². The Bertz CT molecular complexity index is 2050. The number of benzene rings is 2. The van der Waals surface area contributed by atoms with Crippen molar-refractivity contribution in [2.45, 2.75) is 45.1 Å². The fourth-order valence-corrected chi connectivity index (χ4v) is 8.79. The van der Waals surface area contributed by atoms with Gasteiger partial charge in [0.15, 0.2) is 25.0 Å². The number of esters is 1. The minimum atomic E-state index is -0.928. The number of aliphatic hydroxyl groups excluding tert-OH is 4. The Balaban J connectivity index is 1.24. The Labute approximate surface area is 395 Å². The van der Waals surface area contributed by atoms with Gasteiger partial charge in [-0.05, 0) is 66.5 Å². The van der Waals surface area contributed by atoms with Gasteiger partial charge < -0.3 is 55.1 Å². The number of carbonyl (C=O) groups excluding carboxylic acids is 3. The zero-order chi connectivity index (χ0) is 47.5. The number of hydrogen-bond donors (Lipinski definition) is 6. The van der Waals surface area contributed by atoms with E-state index in [-0.39, 0.29) is 57.8 Å². The Kier molecular flexibility index (Phi) is 24.3. The first-order valence-corrected chi connectivity index (χ1v) is 24.2. The van der Waals surface area contributed by atoms with Crippen molar-refractivity contribution in [3.63, 3.8) is 0 Å². The van der Waals surface area contributed by atoms with Crippen molar-refractivity contribution >= 4 is 75.2 Å². The lowest BCUT2D eigenvalue weighted by molar-refractivity contribution is -0.684. The third-order valence-corrected chi connectivity index (χ3v) is 12.3. The van der Waals surface area contributed by atoms with Gasteiger partial charge in [-0.3, -0.25) is 14.6 Å². The highest BCUT2D eigenvalue weighted by atomic mass is 33.1. The average Bonchev–Trinajstić information content (AvgIpc) is 3.31. The summed E-state index contributed by atoms with van der Waals surface area (Å²) in [6, 6.07) is 18.0. The van der Waals surface area contributed by atoms with Gasteiger partial charge in [0, 0.05) is 67.4 Å². The largest absolute Gasteiger partial charge is 0.464 e. The predicted octanol–water partition coefficient (Wildman–Crippen LogP) is 3.26. The Morgan fingerprint density at radius 1 is 0.788 bits per heavy atom. The van der Waals surface area contributed by atoms with Crippen molar-refractivity contribution in [3.8, 4) is 0 Å². The lowest BCUT2D eigenvalue weighted by atomic mass is 10.1. The predicted molar refractivity (Wildman–Crippen MR) is 263 cm³/mol. The van der Waals surface area contributed by atoms with Crippen LogP contribution in [0.2, 0.25) is 0 Å². The summed E-state index contributed by atoms with van der Waals surface area (Å²) < 4.78 is 18.5. The summed E-state index contributed by atoms with van der Waals surface area (Å²) >= 11 is 0. The number of pyridine rings is 1. The molecule has 66 heavy (non-hydrogen) atoms. The molecule has 0 spiro atoms. The first kappa shape index (κ1) is 53.3. The number of anilines is 2. The van der Waals surface area contributed by atoms with Crippen LogP contribution in [-0.2, 0) is 35.1 Å². The van der Waals surface area contributed by atoms with Crippen molar-refractivity contribution in [1.82, 2.24) is 10.6 Å². The molecule has 6 N–H and O–H groups in total. The number of nitrogens with zero attached hydrogens (tertiary/aromatic N) is 4. The second-order valence-corrected chi connectivity index (χ2v) is 17.3. The van der Waals surface area contributed by atoms with Gasteiger partial charge in [-0.15, -0.1) is 0 Å². The summed E-state index contributed by atoms with van der Waals surface area (Å²) in [6.07, 6.45) is 15.2. The van der Waals surface area contributed by atoms with Gasteiger partial charge in [-0.1, -0.05) is 82.8 Å². The summed E-state index contributed by atoms with van der Waals surface area (Å²) in [5, 5.41) is 43.0. The first-order valence-electron chi connectivity index (χ1n) is 21.7. The number of allylic oxidation sites excluding steroid dienone is 4. The fraction of sp³-hybridized carbons (Fsp3) is 0.396. The molecule has 0 bridgehead atoms. The number of aliphatic hydroxyl groups is 4. The monoisotopic (exact) mass is 947 g/mol. The zero-order valence-corrected chi connectivity index (χ0v) is 39.2. The molecule has 0 aliphatic carbocycles. The van der Waals surface area contributed by atoms with Crippen LogP contribution in [0, 0.1) is 0 Å². The van der Waals surface area contributed by atoms with Crippen molar-refractivity contribution in [1.29, 1.82) is 0 Å². The number of aromatic nitrogens is 1. The molecule has 4 rings (SSSR count). The van der Waals surface area contributed by atoms with E-state index in [2.05, 4.69) is 22.2 Å². The van der Waals surface area contributed by atoms with E-state index >= 15 is 0 Å². The summed E-state index contributed by atoms with van der Waals surface area (Å²) in [5.74, 6) is -0.671. The zero-order valence-electron chi connectivity index (χ0n) is 37.5. The van der Waals surface area contributed by atoms with Crippen LogP contribution in [0.3, 0.4) is 0 Å². The van der Waals surface area contributed by atoms with E-state index in [1.165, 1.54) is 27.8 Å². The van der Waals surface area contributed by atoms with Crippen molar-refractivity contribution in [3.05, 3.63) is 120 Å². The normalized spacial score (nSPS) is 15.9. The molecule has 2 unspecified atom stereocenters. The van der Waals surface area contributed by atoms with Gasteiger partial charge in [0.1, 0.15) is 12.6 Å². The molecule has 1 aliphatic heterocycles. The molecule has 356 valence electrons. The van der Waals surface area contributed by atoms with Gasteiger partial charge in [-0.2, -0.15) is 4.57 Å². The lowest BCUT2D eigenvalue weighted by Gasteiger charge is -2.38. The number of nitrogens with one attached hydrogen (secondary N) is 2. The van der Waals surface area contributed by atoms with E-state index in [4.69, 9.17) is 14.2 Å². The minimum absolute atomic E-state index is 0.000406. The summed E-state index contributed by atoms with van der Waals surface area (Å²) in [7, 11) is 2.74. The van der Waals surface area contributed by atoms with Crippen molar-refractivity contribution < 1.29 is 53.6 Å². The quantitative estimate of drug-likeness (QED) is 0.0142. The Hall–Kier alpha value is -5.31. The molecule has 1 saturated heterocycles. The molecule has 1 aliphatic rings. The van der Waals surface area contributed by atoms with E-state index < -0.39 is 36.5 Å². The molecule has 1 fully saturated rings. The minimum Gasteiger partial charge on any atom is -0.464 e. The van der Waals surface area contributed by atoms with E-state index in [1.54, 1.807) is 30.6 Å². The van der Waals surface area contributed by atoms with Gasteiger partial charge in [-0.25, -0.2) is 4.79 Å². The number of amides is 2. The van der Waals surface area contributed by atoms with Crippen LogP contribution < -0.4 is 25.0 Å². The van der Waals surface area contributed by atoms with Crippen LogP contribution in [0.4, 0.5) is 11.4 Å². The number of hydrogen-bond acceptors (Lipinski definition) is 15. The summed E-state index contributed by atoms with van der Waals surface area (Å²) in [4.78, 5) is 46.9. The van der Waals surface area contributed by atoms with Gasteiger partial charge in [0.25, 0.3) is 5.91 Å². The maximum absolute atomic E-state index is 13.2. The highest BCUT2D eigenvalue weighted by molar-refractivity contribution is 8.76. The molecule has 2 heterocycles. The summed E-state index contributed by atoms with van der Waals surface area (Å²) in [5.41, 5.74) is 5.44. The van der Waals surface area contributed by atoms with Crippen LogP contribution in [0.15, 0.2) is 108 Å². The van der Waals surface area contributed by atoms with E-state index in [1.807, 2.05) is 107 Å². The average molecular weight is 948 g/mol. The number of ether oxygens (including phenoxy) is 3. The maximum atomic E-state index is 13.2. The van der Waals surface area contributed by atoms with Crippen molar-refractivity contribution in [2.75, 3.05) is 87.1 Å². The lowest BCUT2D eigenvalue weighted by Crippen LogP contribution is -2.57. The number of aliphatic imine (C=N–C) groups is 1. The molecule has 1 aromatic heterocycles. The van der Waals surface area contributed by atoms with Gasteiger partial charge >= 0.3 is 5.97 Å². The highest BCUT2D eigenvalue weighted by Crippen LogP contribution is 2.28. The number of carbonyl (C=O) groups is 3. The van der Waals surface area contributed by atoms with E-state index in [0.717, 1.165) is 33.6 Å². The van der Waals surface area contributed by atoms with Crippen molar-refractivity contribution in [2.24, 2.45) is 4.99 Å². The Morgan fingerprint density at radius 2 is 1.32 bits per heavy atom. The fourth-order valence-electron chi connectivity index (χ4n) is 6.42. The van der Waals surface area contributed by atoms with Gasteiger partial charge in [0.2, 0.25) is 12.5 Å². The SMILES string of the molecule is C=CC(/C=C/c1ccc(N(CCO)CCO)cc1)=C\C=NCC(=O)NC(CSSCC(NC(=O)C[n+]1ccc(/C=C/c2ccc(N(CCO)CCO)cc2)cc1)C1OC(C)O1)C(=O)OCC. The highest BCUT2D eigenvalue weighted by Gasteiger charge is 2.36. The first-order chi connectivity index (χ1) is 32.1. The molecule has 16 nitrogen and oxygen atoms in total. The molecule has 18 heteroatoms. The van der Waals surface area contributed by atoms with Crippen LogP contribution >= 0.6 is 21.6 Å². The molecule has 3 aromatic rings. The smallest absolute Gasteiger partial charge is 0.329 e. The molecule has 2 atom stereocenters. The standard InChI is InChI=1S/C48H62N6O10S2/c1-4-37(6-7-38-10-14-41(15-11-38)53(24-28-55)25-29-56)18-21-49-32-45(59)50-43(47(61)62-5-2)34-65-66-35-44(48-63-36(3)64-48)51-46(60)33-52-22-19-40(20-23-52)9-8-39-12-16-42(17-13-39)54(26-30-57)27-31-58/h4,6-23,36,43-44,48,55-58H,1,5,24-35H2,2-3H3,(H-,50,51,59,60)/p+1/b7-6+,37-18+,49-21?. The van der Waals surface area contributed by atoms with E-state index in [9.17, 15) is 34.8 Å². The molecule has 0 radical (unpaired) electrons. The third-order valence-electron chi connectivity index (χ3n) is 9.82. The molecular weight excluding hydrogens is 885 g/mol. The van der Waals surface area contributed by atoms with Crippen LogP contribution in [0.5, 0.6) is 0 Å². The maximum Gasteiger partial charge on any atom is 0.329 e. The Morgan fingerprint density at radius 3 is 1.83 bits per heavy atom. The number of rotatable bonds is 30. The summed E-state index contributed by atoms with van der Waals surface area (Å²) in [6.45, 7) is 9.01.